The van der Waals surface area contributed by atoms with Crippen LogP contribution in [0.25, 0.3) is 0 Å². The lowest BCUT2D eigenvalue weighted by molar-refractivity contribution is -0.145. The summed E-state index contributed by atoms with van der Waals surface area (Å²) in [7, 11) is 0. The van der Waals surface area contributed by atoms with Crippen molar-refractivity contribution in [1.82, 2.24) is 5.32 Å². The van der Waals surface area contributed by atoms with Crippen LogP contribution >= 0.6 is 11.8 Å². The molecule has 0 atom stereocenters. The van der Waals surface area contributed by atoms with E-state index in [-0.39, 0.29) is 5.75 Å². The average molecular weight is 357 g/mol. The highest BCUT2D eigenvalue weighted by Gasteiger charge is 2.13. The third kappa shape index (κ3) is 6.08. The summed E-state index contributed by atoms with van der Waals surface area (Å²) in [5.41, 5.74) is 2.56. The number of benzene rings is 2. The van der Waals surface area contributed by atoms with E-state index >= 15 is 0 Å². The van der Waals surface area contributed by atoms with Gasteiger partial charge >= 0.3 is 5.97 Å². The lowest BCUT2D eigenvalue weighted by Crippen LogP contribution is -2.34. The van der Waals surface area contributed by atoms with Crippen molar-refractivity contribution in [2.24, 2.45) is 0 Å². The van der Waals surface area contributed by atoms with Gasteiger partial charge in [-0.05, 0) is 37.6 Å². The highest BCUT2D eigenvalue weighted by Crippen LogP contribution is 2.23. The number of hydrogen-bond donors (Lipinski definition) is 1. The summed E-state index contributed by atoms with van der Waals surface area (Å²) in [6, 6.07) is 14.3. The van der Waals surface area contributed by atoms with E-state index in [4.69, 9.17) is 4.74 Å². The summed E-state index contributed by atoms with van der Waals surface area (Å²) >= 11 is 1.36. The maximum Gasteiger partial charge on any atom is 0.316 e. The quantitative estimate of drug-likeness (QED) is 0.636. The zero-order valence-electron chi connectivity index (χ0n) is 14.1. The topological polar surface area (TPSA) is 72.5 Å². The Kier molecular flexibility index (Phi) is 6.77. The molecule has 0 spiro atoms. The first-order valence-corrected chi connectivity index (χ1v) is 8.69. The van der Waals surface area contributed by atoms with Crippen molar-refractivity contribution in [3.8, 4) is 0 Å². The number of amides is 2. The van der Waals surface area contributed by atoms with Gasteiger partial charge in [-0.25, -0.2) is 0 Å². The van der Waals surface area contributed by atoms with Gasteiger partial charge in [0.05, 0.1) is 5.75 Å². The van der Waals surface area contributed by atoms with E-state index in [1.165, 1.54) is 11.8 Å². The normalized spacial score (nSPS) is 10.2. The maximum atomic E-state index is 11.8. The molecule has 0 aliphatic carbocycles. The molecule has 2 rings (SSSR count). The predicted molar refractivity (Wildman–Crippen MR) is 96.5 cm³/mol. The minimum Gasteiger partial charge on any atom is -0.455 e. The van der Waals surface area contributed by atoms with E-state index in [1.807, 2.05) is 32.0 Å². The van der Waals surface area contributed by atoms with Gasteiger partial charge in [0.25, 0.3) is 11.8 Å². The third-order valence-corrected chi connectivity index (χ3v) is 4.47. The molecule has 0 radical (unpaired) electrons. The number of carbonyl (C=O) groups is 3. The second kappa shape index (κ2) is 9.03. The molecule has 6 heteroatoms. The van der Waals surface area contributed by atoms with E-state index < -0.39 is 24.4 Å². The van der Waals surface area contributed by atoms with Gasteiger partial charge in [0.1, 0.15) is 0 Å². The van der Waals surface area contributed by atoms with Crippen molar-refractivity contribution >= 4 is 29.5 Å². The summed E-state index contributed by atoms with van der Waals surface area (Å²) in [4.78, 5) is 36.3. The molecule has 0 bridgehead atoms. The first kappa shape index (κ1) is 18.7. The van der Waals surface area contributed by atoms with E-state index in [0.717, 1.165) is 16.0 Å². The molecular weight excluding hydrogens is 338 g/mol. The monoisotopic (exact) mass is 357 g/mol. The summed E-state index contributed by atoms with van der Waals surface area (Å²) in [5.74, 6) is -1.58. The number of aryl methyl sites for hydroxylation is 2. The number of hydrogen-bond acceptors (Lipinski definition) is 5. The van der Waals surface area contributed by atoms with Gasteiger partial charge in [0, 0.05) is 10.5 Å². The van der Waals surface area contributed by atoms with Crippen LogP contribution < -0.4 is 5.32 Å². The van der Waals surface area contributed by atoms with Gasteiger partial charge in [-0.15, -0.1) is 11.8 Å². The van der Waals surface area contributed by atoms with Crippen molar-refractivity contribution in [3.63, 3.8) is 0 Å². The molecule has 130 valence electrons. The molecule has 0 aliphatic rings. The summed E-state index contributed by atoms with van der Waals surface area (Å²) in [6.07, 6.45) is 0. The summed E-state index contributed by atoms with van der Waals surface area (Å²) in [6.45, 7) is 3.47. The first-order chi connectivity index (χ1) is 12.0. The summed E-state index contributed by atoms with van der Waals surface area (Å²) in [5, 5.41) is 2.18. The number of esters is 1. The fourth-order valence-corrected chi connectivity index (χ4v) is 2.93. The van der Waals surface area contributed by atoms with Crippen molar-refractivity contribution in [2.75, 3.05) is 12.4 Å². The zero-order valence-corrected chi connectivity index (χ0v) is 14.9. The fourth-order valence-electron chi connectivity index (χ4n) is 2.01. The van der Waals surface area contributed by atoms with Crippen LogP contribution in [-0.2, 0) is 14.3 Å². The van der Waals surface area contributed by atoms with Gasteiger partial charge in [0.2, 0.25) is 0 Å². The van der Waals surface area contributed by atoms with Gasteiger partial charge in [-0.2, -0.15) is 0 Å². The highest BCUT2D eigenvalue weighted by atomic mass is 32.2. The standard InChI is InChI=1S/C19H19NO4S/c1-13-8-9-14(2)16(10-13)25-12-18(22)24-11-17(21)20-19(23)15-6-4-3-5-7-15/h3-10H,11-12H2,1-2H3,(H,20,21,23). The Morgan fingerprint density at radius 1 is 1.04 bits per heavy atom. The third-order valence-electron chi connectivity index (χ3n) is 3.34. The number of imide groups is 1. The van der Waals surface area contributed by atoms with Crippen molar-refractivity contribution in [3.05, 3.63) is 65.2 Å². The van der Waals surface area contributed by atoms with Gasteiger partial charge in [-0.1, -0.05) is 35.9 Å². The Morgan fingerprint density at radius 2 is 1.76 bits per heavy atom. The Balaban J connectivity index is 1.75. The molecule has 2 amide bonds. The molecule has 1 N–H and O–H groups in total. The maximum absolute atomic E-state index is 11.8. The molecule has 25 heavy (non-hydrogen) atoms. The number of nitrogens with one attached hydrogen (secondary N) is 1. The lowest BCUT2D eigenvalue weighted by Gasteiger charge is -2.08. The van der Waals surface area contributed by atoms with E-state index in [1.54, 1.807) is 30.3 Å². The van der Waals surface area contributed by atoms with Gasteiger partial charge in [-0.3, -0.25) is 19.7 Å². The Labute approximate surface area is 150 Å². The number of ether oxygens (including phenoxy) is 1. The Hall–Kier alpha value is -2.60. The SMILES string of the molecule is Cc1ccc(C)c(SCC(=O)OCC(=O)NC(=O)c2ccccc2)c1. The smallest absolute Gasteiger partial charge is 0.316 e. The molecule has 0 aromatic heterocycles. The molecule has 5 nitrogen and oxygen atoms in total. The molecule has 0 unspecified atom stereocenters. The van der Waals surface area contributed by atoms with Crippen LogP contribution in [0.4, 0.5) is 0 Å². The second-order valence-corrected chi connectivity index (χ2v) is 6.48. The fraction of sp³-hybridized carbons (Fsp3) is 0.211. The molecule has 0 aliphatic heterocycles. The van der Waals surface area contributed by atoms with Crippen LogP contribution in [0.3, 0.4) is 0 Å². The van der Waals surface area contributed by atoms with Crippen molar-refractivity contribution in [2.45, 2.75) is 18.7 Å². The molecule has 0 fully saturated rings. The van der Waals surface area contributed by atoms with Crippen LogP contribution in [0.5, 0.6) is 0 Å². The zero-order chi connectivity index (χ0) is 18.2. The number of carbonyl (C=O) groups excluding carboxylic acids is 3. The van der Waals surface area contributed by atoms with Crippen molar-refractivity contribution in [1.29, 1.82) is 0 Å². The average Bonchev–Trinajstić information content (AvgIpc) is 2.61. The molecule has 0 saturated carbocycles. The predicted octanol–water partition coefficient (Wildman–Crippen LogP) is 2.90. The minimum absolute atomic E-state index is 0.101. The Bertz CT molecular complexity index is 774. The molecule has 0 saturated heterocycles. The van der Waals surface area contributed by atoms with E-state index in [0.29, 0.717) is 5.56 Å². The first-order valence-electron chi connectivity index (χ1n) is 7.70. The van der Waals surface area contributed by atoms with Crippen LogP contribution in [0.15, 0.2) is 53.4 Å². The van der Waals surface area contributed by atoms with Crippen LogP contribution in [0.2, 0.25) is 0 Å². The molecule has 0 heterocycles. The largest absolute Gasteiger partial charge is 0.455 e. The molecular formula is C19H19NO4S. The Morgan fingerprint density at radius 3 is 2.48 bits per heavy atom. The number of thioether (sulfide) groups is 1. The highest BCUT2D eigenvalue weighted by molar-refractivity contribution is 8.00. The van der Waals surface area contributed by atoms with Gasteiger partial charge < -0.3 is 4.74 Å². The van der Waals surface area contributed by atoms with E-state index in [9.17, 15) is 14.4 Å². The van der Waals surface area contributed by atoms with Crippen LogP contribution in [-0.4, -0.2) is 30.1 Å². The van der Waals surface area contributed by atoms with Gasteiger partial charge in [0.15, 0.2) is 6.61 Å². The molecule has 2 aromatic carbocycles. The van der Waals surface area contributed by atoms with Crippen molar-refractivity contribution < 1.29 is 19.1 Å². The van der Waals surface area contributed by atoms with Crippen LogP contribution in [0.1, 0.15) is 21.5 Å². The second-order valence-electron chi connectivity index (χ2n) is 5.46. The van der Waals surface area contributed by atoms with Crippen LogP contribution in [0, 0.1) is 13.8 Å². The van der Waals surface area contributed by atoms with E-state index in [2.05, 4.69) is 5.32 Å². The minimum atomic E-state index is -0.654. The molecule has 2 aromatic rings. The summed E-state index contributed by atoms with van der Waals surface area (Å²) < 4.78 is 4.91. The lowest BCUT2D eigenvalue weighted by atomic mass is 10.2. The number of rotatable bonds is 6.